The van der Waals surface area contributed by atoms with Gasteiger partial charge in [0.1, 0.15) is 5.60 Å². The van der Waals surface area contributed by atoms with Crippen molar-refractivity contribution < 1.29 is 9.47 Å². The third-order valence-electron chi connectivity index (χ3n) is 5.04. The fourth-order valence-corrected chi connectivity index (χ4v) is 3.86. The number of morpholine rings is 1. The Hall–Kier alpha value is -1.86. The summed E-state index contributed by atoms with van der Waals surface area (Å²) < 4.78 is 12.2. The van der Waals surface area contributed by atoms with Crippen molar-refractivity contribution >= 4 is 0 Å². The predicted octanol–water partition coefficient (Wildman–Crippen LogP) is 1.58. The summed E-state index contributed by atoms with van der Waals surface area (Å²) >= 11 is 0. The number of pyridine rings is 2. The highest BCUT2D eigenvalue weighted by Gasteiger charge is 2.40. The third kappa shape index (κ3) is 4.45. The van der Waals surface area contributed by atoms with E-state index in [2.05, 4.69) is 38.0 Å². The van der Waals surface area contributed by atoms with Crippen LogP contribution in [0, 0.1) is 0 Å². The van der Waals surface area contributed by atoms with E-state index in [1.165, 1.54) is 11.1 Å². The minimum absolute atomic E-state index is 0.260. The molecule has 4 rings (SSSR count). The lowest BCUT2D eigenvalue weighted by molar-refractivity contribution is -0.143. The largest absolute Gasteiger partial charge is 0.377 e. The van der Waals surface area contributed by atoms with Crippen molar-refractivity contribution in [2.45, 2.75) is 18.7 Å². The Bertz CT molecular complexity index is 685. The van der Waals surface area contributed by atoms with Gasteiger partial charge in [0.2, 0.25) is 0 Å². The summed E-state index contributed by atoms with van der Waals surface area (Å²) in [6.07, 6.45) is 7.47. The van der Waals surface area contributed by atoms with Crippen LogP contribution in [0.2, 0.25) is 0 Å². The van der Waals surface area contributed by atoms with Crippen molar-refractivity contribution in [3.63, 3.8) is 0 Å². The Morgan fingerprint density at radius 2 is 1.65 bits per heavy atom. The fourth-order valence-electron chi connectivity index (χ4n) is 3.86. The van der Waals surface area contributed by atoms with Crippen LogP contribution in [-0.4, -0.2) is 71.4 Å². The Morgan fingerprint density at radius 1 is 0.885 bits per heavy atom. The summed E-state index contributed by atoms with van der Waals surface area (Å²) in [7, 11) is 0. The molecule has 2 fully saturated rings. The Kier molecular flexibility index (Phi) is 5.55. The number of hydrogen-bond donors (Lipinski definition) is 0. The van der Waals surface area contributed by atoms with Crippen molar-refractivity contribution in [1.29, 1.82) is 0 Å². The highest BCUT2D eigenvalue weighted by atomic mass is 16.5. The average Bonchev–Trinajstić information content (AvgIpc) is 2.85. The molecule has 4 heterocycles. The van der Waals surface area contributed by atoms with E-state index >= 15 is 0 Å². The smallest absolute Gasteiger partial charge is 0.117 e. The van der Waals surface area contributed by atoms with Gasteiger partial charge in [0, 0.05) is 64.1 Å². The van der Waals surface area contributed by atoms with E-state index in [0.717, 1.165) is 52.5 Å². The molecule has 0 amide bonds. The number of rotatable bonds is 4. The summed E-state index contributed by atoms with van der Waals surface area (Å²) in [6, 6.07) is 8.29. The van der Waals surface area contributed by atoms with E-state index in [-0.39, 0.29) is 5.60 Å². The molecule has 0 saturated carbocycles. The number of ether oxygens (including phenoxy) is 2. The summed E-state index contributed by atoms with van der Waals surface area (Å²) in [5.41, 5.74) is 2.26. The first-order chi connectivity index (χ1) is 12.8. The normalized spacial score (nSPS) is 25.2. The van der Waals surface area contributed by atoms with Gasteiger partial charge in [-0.05, 0) is 29.3 Å². The quantitative estimate of drug-likeness (QED) is 0.831. The van der Waals surface area contributed by atoms with Crippen molar-refractivity contribution in [3.8, 4) is 0 Å². The molecule has 1 atom stereocenters. The van der Waals surface area contributed by atoms with Gasteiger partial charge in [0.25, 0.3) is 0 Å². The summed E-state index contributed by atoms with van der Waals surface area (Å²) in [5.74, 6) is 0. The van der Waals surface area contributed by atoms with Gasteiger partial charge in [-0.3, -0.25) is 19.8 Å². The molecule has 2 aromatic rings. The molecule has 138 valence electrons. The Balaban J connectivity index is 1.43. The lowest BCUT2D eigenvalue weighted by Crippen LogP contribution is -2.58. The highest BCUT2D eigenvalue weighted by molar-refractivity contribution is 5.11. The van der Waals surface area contributed by atoms with E-state index in [0.29, 0.717) is 6.61 Å². The SMILES string of the molecule is c1cncc(CN2CCO[C@@]3(COCCN(Cc4ccncc4)C3)C2)c1. The zero-order chi connectivity index (χ0) is 17.7. The van der Waals surface area contributed by atoms with E-state index in [1.807, 2.05) is 30.9 Å². The molecule has 0 unspecified atom stereocenters. The first-order valence-electron chi connectivity index (χ1n) is 9.26. The molecule has 2 aliphatic heterocycles. The molecule has 0 aromatic carbocycles. The monoisotopic (exact) mass is 354 g/mol. The van der Waals surface area contributed by atoms with Crippen LogP contribution >= 0.6 is 0 Å². The van der Waals surface area contributed by atoms with Gasteiger partial charge in [0.15, 0.2) is 0 Å². The number of hydrogen-bond acceptors (Lipinski definition) is 6. The number of nitrogens with zero attached hydrogens (tertiary/aromatic N) is 4. The van der Waals surface area contributed by atoms with E-state index in [1.54, 1.807) is 0 Å². The van der Waals surface area contributed by atoms with E-state index in [4.69, 9.17) is 9.47 Å². The third-order valence-corrected chi connectivity index (χ3v) is 5.04. The van der Waals surface area contributed by atoms with Crippen LogP contribution in [0.4, 0.5) is 0 Å². The minimum atomic E-state index is -0.260. The summed E-state index contributed by atoms with van der Waals surface area (Å²) in [5, 5.41) is 0. The van der Waals surface area contributed by atoms with E-state index < -0.39 is 0 Å². The second-order valence-electron chi connectivity index (χ2n) is 7.22. The second-order valence-corrected chi connectivity index (χ2v) is 7.22. The fraction of sp³-hybridized carbons (Fsp3) is 0.500. The van der Waals surface area contributed by atoms with Gasteiger partial charge in [-0.1, -0.05) is 6.07 Å². The number of aromatic nitrogens is 2. The van der Waals surface area contributed by atoms with Crippen LogP contribution < -0.4 is 0 Å². The van der Waals surface area contributed by atoms with Gasteiger partial charge < -0.3 is 9.47 Å². The zero-order valence-electron chi connectivity index (χ0n) is 15.1. The lowest BCUT2D eigenvalue weighted by atomic mass is 10.0. The van der Waals surface area contributed by atoms with Crippen LogP contribution in [0.15, 0.2) is 49.1 Å². The van der Waals surface area contributed by atoms with Gasteiger partial charge in [-0.25, -0.2) is 0 Å². The molecule has 1 spiro atoms. The summed E-state index contributed by atoms with van der Waals surface area (Å²) in [4.78, 5) is 13.2. The van der Waals surface area contributed by atoms with Gasteiger partial charge >= 0.3 is 0 Å². The lowest BCUT2D eigenvalue weighted by Gasteiger charge is -2.43. The topological polar surface area (TPSA) is 50.7 Å². The Labute approximate surface area is 154 Å². The van der Waals surface area contributed by atoms with Crippen LogP contribution in [0.3, 0.4) is 0 Å². The molecule has 26 heavy (non-hydrogen) atoms. The molecule has 0 N–H and O–H groups in total. The first-order valence-corrected chi connectivity index (χ1v) is 9.26. The predicted molar refractivity (Wildman–Crippen MR) is 98.5 cm³/mol. The molecule has 6 heteroatoms. The van der Waals surface area contributed by atoms with Crippen molar-refractivity contribution in [2.24, 2.45) is 0 Å². The Morgan fingerprint density at radius 3 is 2.42 bits per heavy atom. The van der Waals surface area contributed by atoms with Crippen molar-refractivity contribution in [1.82, 2.24) is 19.8 Å². The molecule has 2 aromatic heterocycles. The van der Waals surface area contributed by atoms with E-state index in [9.17, 15) is 0 Å². The molecule has 2 saturated heterocycles. The molecular formula is C20H26N4O2. The highest BCUT2D eigenvalue weighted by Crippen LogP contribution is 2.24. The van der Waals surface area contributed by atoms with Gasteiger partial charge in [0.05, 0.1) is 19.8 Å². The van der Waals surface area contributed by atoms with Crippen LogP contribution in [0.25, 0.3) is 0 Å². The molecular weight excluding hydrogens is 328 g/mol. The van der Waals surface area contributed by atoms with Crippen LogP contribution in [-0.2, 0) is 22.6 Å². The molecule has 6 nitrogen and oxygen atoms in total. The molecule has 2 aliphatic rings. The van der Waals surface area contributed by atoms with Gasteiger partial charge in [-0.2, -0.15) is 0 Å². The average molecular weight is 354 g/mol. The van der Waals surface area contributed by atoms with Gasteiger partial charge in [-0.15, -0.1) is 0 Å². The van der Waals surface area contributed by atoms with Crippen molar-refractivity contribution in [2.75, 3.05) is 46.0 Å². The minimum Gasteiger partial charge on any atom is -0.377 e. The molecule has 0 bridgehead atoms. The maximum Gasteiger partial charge on any atom is 0.117 e. The zero-order valence-corrected chi connectivity index (χ0v) is 15.1. The maximum atomic E-state index is 6.29. The van der Waals surface area contributed by atoms with Crippen LogP contribution in [0.1, 0.15) is 11.1 Å². The second kappa shape index (κ2) is 8.22. The van der Waals surface area contributed by atoms with Crippen molar-refractivity contribution in [3.05, 3.63) is 60.2 Å². The summed E-state index contributed by atoms with van der Waals surface area (Å²) in [6.45, 7) is 7.60. The molecule has 0 aliphatic carbocycles. The first kappa shape index (κ1) is 17.5. The maximum absolute atomic E-state index is 6.29. The molecule has 0 radical (unpaired) electrons. The standard InChI is InChI=1S/C20H26N4O2/c1-2-19(12-22-5-1)14-24-9-11-26-20(16-24)15-23(8-10-25-17-20)13-18-3-6-21-7-4-18/h1-7,12H,8-11,13-17H2/t20-/m1/s1. The van der Waals surface area contributed by atoms with Crippen LogP contribution in [0.5, 0.6) is 0 Å².